The van der Waals surface area contributed by atoms with Crippen LogP contribution in [0.1, 0.15) is 48.6 Å². The summed E-state index contributed by atoms with van der Waals surface area (Å²) in [6, 6.07) is 14.9. The van der Waals surface area contributed by atoms with Crippen molar-refractivity contribution in [2.75, 3.05) is 18.0 Å². The molecule has 0 amide bonds. The summed E-state index contributed by atoms with van der Waals surface area (Å²) in [5.41, 5.74) is 2.08. The van der Waals surface area contributed by atoms with E-state index in [0.717, 1.165) is 30.8 Å². The molecular formula is C26H30FN5O2S. The second-order valence-electron chi connectivity index (χ2n) is 10.3. The highest BCUT2D eigenvalue weighted by Gasteiger charge is 2.48. The summed E-state index contributed by atoms with van der Waals surface area (Å²) >= 11 is 0. The number of nitrogens with zero attached hydrogens (tertiary/aromatic N) is 5. The quantitative estimate of drug-likeness (QED) is 0.531. The summed E-state index contributed by atoms with van der Waals surface area (Å²) in [6.07, 6.45) is 6.08. The topological polar surface area (TPSA) is 71.3 Å². The minimum atomic E-state index is -3.60. The maximum absolute atomic E-state index is 15.3. The fourth-order valence-electron chi connectivity index (χ4n) is 6.30. The van der Waals surface area contributed by atoms with Crippen molar-refractivity contribution in [3.63, 3.8) is 0 Å². The van der Waals surface area contributed by atoms with E-state index in [0.29, 0.717) is 29.9 Å². The third-order valence-electron chi connectivity index (χ3n) is 8.19. The summed E-state index contributed by atoms with van der Waals surface area (Å²) in [5, 5.41) is 7.30. The van der Waals surface area contributed by atoms with E-state index in [4.69, 9.17) is 0 Å². The van der Waals surface area contributed by atoms with Crippen LogP contribution in [0.15, 0.2) is 61.2 Å². The van der Waals surface area contributed by atoms with E-state index in [1.54, 1.807) is 24.8 Å². The Kier molecular flexibility index (Phi) is 5.64. The Morgan fingerprint density at radius 3 is 2.40 bits per heavy atom. The Hall–Kier alpha value is -2.78. The van der Waals surface area contributed by atoms with Crippen molar-refractivity contribution in [2.45, 2.75) is 50.1 Å². The first kappa shape index (κ1) is 22.7. The molecule has 0 N–H and O–H groups in total. The SMILES string of the molecule is CC1CCC(c2ccccc2)S(=O)(=O)N1Cc1ccc(N2C[C@H]3C[C@@H](C2)C3n2cnnc2)cc1F. The van der Waals surface area contributed by atoms with Gasteiger partial charge in [0.15, 0.2) is 0 Å². The molecule has 7 rings (SSSR count). The van der Waals surface area contributed by atoms with Crippen LogP contribution in [0, 0.1) is 17.7 Å². The predicted octanol–water partition coefficient (Wildman–Crippen LogP) is 4.17. The minimum absolute atomic E-state index is 0.0555. The minimum Gasteiger partial charge on any atom is -0.371 e. The van der Waals surface area contributed by atoms with Crippen LogP contribution in [-0.4, -0.2) is 46.6 Å². The van der Waals surface area contributed by atoms with Gasteiger partial charge in [-0.2, -0.15) is 4.31 Å². The monoisotopic (exact) mass is 495 g/mol. The van der Waals surface area contributed by atoms with E-state index >= 15 is 4.39 Å². The van der Waals surface area contributed by atoms with Crippen LogP contribution >= 0.6 is 0 Å². The molecule has 3 aliphatic heterocycles. The molecule has 0 spiro atoms. The van der Waals surface area contributed by atoms with Crippen molar-refractivity contribution >= 4 is 15.7 Å². The second-order valence-corrected chi connectivity index (χ2v) is 12.3. The Morgan fingerprint density at radius 1 is 1.00 bits per heavy atom. The molecule has 2 aromatic carbocycles. The Morgan fingerprint density at radius 2 is 1.71 bits per heavy atom. The summed E-state index contributed by atoms with van der Waals surface area (Å²) in [4.78, 5) is 2.25. The number of anilines is 1. The highest BCUT2D eigenvalue weighted by atomic mass is 32.2. The molecule has 3 saturated heterocycles. The molecule has 0 radical (unpaired) electrons. The number of fused-ring (bicyclic) bond motifs is 2. The van der Waals surface area contributed by atoms with Crippen LogP contribution in [-0.2, 0) is 16.6 Å². The zero-order chi connectivity index (χ0) is 24.2. The molecule has 3 unspecified atom stereocenters. The van der Waals surface area contributed by atoms with Gasteiger partial charge in [-0.15, -0.1) is 10.2 Å². The van der Waals surface area contributed by atoms with Gasteiger partial charge >= 0.3 is 0 Å². The summed E-state index contributed by atoms with van der Waals surface area (Å²) < 4.78 is 45.9. The molecule has 5 atom stereocenters. The van der Waals surface area contributed by atoms with Crippen LogP contribution in [0.5, 0.6) is 0 Å². The summed E-state index contributed by atoms with van der Waals surface area (Å²) in [6.45, 7) is 3.71. The lowest BCUT2D eigenvalue weighted by atomic mass is 9.66. The smallest absolute Gasteiger partial charge is 0.221 e. The van der Waals surface area contributed by atoms with Gasteiger partial charge in [-0.3, -0.25) is 0 Å². The van der Waals surface area contributed by atoms with E-state index in [1.807, 2.05) is 43.3 Å². The van der Waals surface area contributed by atoms with E-state index < -0.39 is 15.3 Å². The average Bonchev–Trinajstić information content (AvgIpc) is 3.36. The molecule has 184 valence electrons. The molecule has 9 heteroatoms. The van der Waals surface area contributed by atoms with Gasteiger partial charge < -0.3 is 9.47 Å². The van der Waals surface area contributed by atoms with Crippen LogP contribution in [0.3, 0.4) is 0 Å². The van der Waals surface area contributed by atoms with Crippen LogP contribution in [0.2, 0.25) is 0 Å². The van der Waals surface area contributed by atoms with Crippen molar-refractivity contribution in [1.29, 1.82) is 0 Å². The molecule has 1 aliphatic carbocycles. The Labute approximate surface area is 205 Å². The number of sulfonamides is 1. The maximum Gasteiger partial charge on any atom is 0.221 e. The van der Waals surface area contributed by atoms with E-state index in [9.17, 15) is 8.42 Å². The van der Waals surface area contributed by atoms with E-state index in [-0.39, 0.29) is 18.4 Å². The summed E-state index contributed by atoms with van der Waals surface area (Å²) in [7, 11) is -3.60. The van der Waals surface area contributed by atoms with Gasteiger partial charge in [0.05, 0.1) is 0 Å². The molecule has 1 aromatic heterocycles. The van der Waals surface area contributed by atoms with Gasteiger partial charge in [0.25, 0.3) is 0 Å². The first-order valence-electron chi connectivity index (χ1n) is 12.3. The van der Waals surface area contributed by atoms with Gasteiger partial charge in [-0.1, -0.05) is 36.4 Å². The molecule has 4 fully saturated rings. The molecule has 3 aromatic rings. The first-order valence-corrected chi connectivity index (χ1v) is 13.8. The number of piperidine rings is 2. The lowest BCUT2D eigenvalue weighted by Gasteiger charge is -2.54. The third-order valence-corrected chi connectivity index (χ3v) is 10.6. The molecule has 4 aliphatic rings. The van der Waals surface area contributed by atoms with Gasteiger partial charge in [-0.25, -0.2) is 12.8 Å². The Balaban J connectivity index is 1.18. The maximum atomic E-state index is 15.3. The number of hydrogen-bond donors (Lipinski definition) is 0. The molecule has 7 nitrogen and oxygen atoms in total. The highest BCUT2D eigenvalue weighted by Crippen LogP contribution is 2.49. The molecular weight excluding hydrogens is 465 g/mol. The largest absolute Gasteiger partial charge is 0.371 e. The molecule has 35 heavy (non-hydrogen) atoms. The fourth-order valence-corrected chi connectivity index (χ4v) is 8.49. The number of aromatic nitrogens is 3. The van der Waals surface area contributed by atoms with Crippen molar-refractivity contribution in [3.05, 3.63) is 78.1 Å². The standard InChI is InChI=1S/C26H30FN5O2S/c1-18-7-10-25(19-5-3-2-4-6-19)35(33,34)32(18)15-20-8-9-23(12-24(20)27)30-13-21-11-22(14-30)26(21)31-16-28-29-17-31/h2-6,8-9,12,16-18,21-22,25-26H,7,10-11,13-15H2,1H3/t18?,21-,22+,25?,26?. The van der Waals surface area contributed by atoms with Crippen molar-refractivity contribution in [1.82, 2.24) is 19.1 Å². The van der Waals surface area contributed by atoms with Crippen molar-refractivity contribution < 1.29 is 12.8 Å². The van der Waals surface area contributed by atoms with Gasteiger partial charge in [0.2, 0.25) is 10.0 Å². The lowest BCUT2D eigenvalue weighted by molar-refractivity contribution is 0.0579. The average molecular weight is 496 g/mol. The normalized spacial score (nSPS) is 30.1. The molecule has 2 bridgehead atoms. The Bertz CT molecular complexity index is 1290. The number of hydrogen-bond acceptors (Lipinski definition) is 5. The number of halogens is 1. The van der Waals surface area contributed by atoms with Gasteiger partial charge in [0, 0.05) is 43.0 Å². The van der Waals surface area contributed by atoms with Gasteiger partial charge in [-0.05, 0) is 55.7 Å². The van der Waals surface area contributed by atoms with Crippen molar-refractivity contribution in [2.24, 2.45) is 11.8 Å². The zero-order valence-corrected chi connectivity index (χ0v) is 20.6. The second kappa shape index (κ2) is 8.71. The number of rotatable bonds is 5. The molecule has 1 saturated carbocycles. The summed E-state index contributed by atoms with van der Waals surface area (Å²) in [5.74, 6) is 0.657. The first-order chi connectivity index (χ1) is 16.9. The highest BCUT2D eigenvalue weighted by molar-refractivity contribution is 7.89. The fraction of sp³-hybridized carbons (Fsp3) is 0.462. The molecule has 4 heterocycles. The van der Waals surface area contributed by atoms with Gasteiger partial charge in [0.1, 0.15) is 23.7 Å². The predicted molar refractivity (Wildman–Crippen MR) is 132 cm³/mol. The van der Waals surface area contributed by atoms with E-state index in [1.165, 1.54) is 10.7 Å². The lowest BCUT2D eigenvalue weighted by Crippen LogP contribution is -2.55. The zero-order valence-electron chi connectivity index (χ0n) is 19.7. The van der Waals surface area contributed by atoms with E-state index in [2.05, 4.69) is 19.7 Å². The van der Waals surface area contributed by atoms with Crippen LogP contribution in [0.25, 0.3) is 0 Å². The van der Waals surface area contributed by atoms with Crippen LogP contribution < -0.4 is 4.90 Å². The van der Waals surface area contributed by atoms with Crippen LogP contribution in [0.4, 0.5) is 10.1 Å². The number of benzene rings is 2. The third kappa shape index (κ3) is 3.94. The van der Waals surface area contributed by atoms with Crippen molar-refractivity contribution in [3.8, 4) is 0 Å².